The van der Waals surface area contributed by atoms with Crippen molar-refractivity contribution >= 4 is 20.9 Å². The number of benzene rings is 2. The molecule has 0 saturated carbocycles. The highest BCUT2D eigenvalue weighted by atomic mass is 32.2. The molecule has 1 N–H and O–H groups in total. The summed E-state index contributed by atoms with van der Waals surface area (Å²) in [6.07, 6.45) is 3.14. The molecule has 0 fully saturated rings. The lowest BCUT2D eigenvalue weighted by Gasteiger charge is -2.26. The molecule has 5 nitrogen and oxygen atoms in total. The van der Waals surface area contributed by atoms with Gasteiger partial charge in [0.2, 0.25) is 0 Å². The molecule has 2 aromatic heterocycles. The summed E-state index contributed by atoms with van der Waals surface area (Å²) in [4.78, 5) is 4.24. The van der Waals surface area contributed by atoms with Crippen molar-refractivity contribution in [2.24, 2.45) is 0 Å². The van der Waals surface area contributed by atoms with Crippen LogP contribution in [0.4, 0.5) is 0 Å². The Morgan fingerprint density at radius 2 is 1.59 bits per heavy atom. The SMILES string of the molecule is CC(O)(c1ccccc1)c1cc2cnccc2n1S(=O)(=O)c1ccccc1. The van der Waals surface area contributed by atoms with Gasteiger partial charge in [0.05, 0.1) is 16.1 Å². The number of rotatable bonds is 4. The molecule has 0 spiro atoms. The van der Waals surface area contributed by atoms with Crippen LogP contribution < -0.4 is 0 Å². The summed E-state index contributed by atoms with van der Waals surface area (Å²) in [7, 11) is -3.92. The molecule has 0 aliphatic rings. The number of hydrogen-bond donors (Lipinski definition) is 1. The molecule has 0 saturated heterocycles. The first-order valence-corrected chi connectivity index (χ1v) is 9.91. The zero-order valence-electron chi connectivity index (χ0n) is 14.6. The fraction of sp³-hybridized carbons (Fsp3) is 0.0952. The van der Waals surface area contributed by atoms with E-state index in [4.69, 9.17) is 0 Å². The minimum absolute atomic E-state index is 0.157. The van der Waals surface area contributed by atoms with Gasteiger partial charge in [-0.2, -0.15) is 0 Å². The van der Waals surface area contributed by atoms with E-state index in [0.29, 0.717) is 16.5 Å². The molecule has 4 rings (SSSR count). The van der Waals surface area contributed by atoms with Crippen molar-refractivity contribution in [1.82, 2.24) is 8.96 Å². The zero-order valence-corrected chi connectivity index (χ0v) is 15.5. The summed E-state index contributed by atoms with van der Waals surface area (Å²) in [5.41, 5.74) is -0.173. The van der Waals surface area contributed by atoms with Crippen LogP contribution in [-0.4, -0.2) is 22.5 Å². The lowest BCUT2D eigenvalue weighted by atomic mass is 9.93. The van der Waals surface area contributed by atoms with Crippen molar-refractivity contribution in [1.29, 1.82) is 0 Å². The van der Waals surface area contributed by atoms with E-state index in [-0.39, 0.29) is 10.6 Å². The number of pyridine rings is 1. The molecular weight excluding hydrogens is 360 g/mol. The summed E-state index contributed by atoms with van der Waals surface area (Å²) in [6, 6.07) is 20.5. The summed E-state index contributed by atoms with van der Waals surface area (Å²) in [5, 5.41) is 12.0. The number of nitrogens with zero attached hydrogens (tertiary/aromatic N) is 2. The van der Waals surface area contributed by atoms with Crippen LogP contribution in [-0.2, 0) is 15.6 Å². The van der Waals surface area contributed by atoms with Crippen LogP contribution >= 0.6 is 0 Å². The van der Waals surface area contributed by atoms with Crippen molar-refractivity contribution in [2.45, 2.75) is 17.4 Å². The van der Waals surface area contributed by atoms with E-state index in [2.05, 4.69) is 4.98 Å². The Labute approximate surface area is 157 Å². The molecule has 0 aliphatic carbocycles. The topological polar surface area (TPSA) is 72.2 Å². The molecule has 136 valence electrons. The maximum absolute atomic E-state index is 13.4. The van der Waals surface area contributed by atoms with Crippen molar-refractivity contribution in [3.63, 3.8) is 0 Å². The standard InChI is InChI=1S/C21H18N2O3S/c1-21(24,17-8-4-2-5-9-17)20-14-16-15-22-13-12-19(16)23(20)27(25,26)18-10-6-3-7-11-18/h2-15,24H,1H3. The van der Waals surface area contributed by atoms with Crippen LogP contribution in [0, 0.1) is 0 Å². The predicted molar refractivity (Wildman–Crippen MR) is 104 cm³/mol. The monoisotopic (exact) mass is 378 g/mol. The first-order chi connectivity index (χ1) is 12.9. The third-order valence-electron chi connectivity index (χ3n) is 4.67. The first-order valence-electron chi connectivity index (χ1n) is 8.47. The van der Waals surface area contributed by atoms with Gasteiger partial charge in [-0.05, 0) is 36.8 Å². The smallest absolute Gasteiger partial charge is 0.268 e. The highest BCUT2D eigenvalue weighted by molar-refractivity contribution is 7.90. The van der Waals surface area contributed by atoms with Crippen LogP contribution in [0.3, 0.4) is 0 Å². The van der Waals surface area contributed by atoms with Crippen molar-refractivity contribution in [3.8, 4) is 0 Å². The van der Waals surface area contributed by atoms with Crippen molar-refractivity contribution in [2.75, 3.05) is 0 Å². The molecular formula is C21H18N2O3S. The van der Waals surface area contributed by atoms with Crippen molar-refractivity contribution in [3.05, 3.63) is 96.4 Å². The fourth-order valence-electron chi connectivity index (χ4n) is 3.24. The molecule has 0 aliphatic heterocycles. The van der Waals surface area contributed by atoms with Gasteiger partial charge in [-0.1, -0.05) is 48.5 Å². The van der Waals surface area contributed by atoms with Crippen LogP contribution in [0.5, 0.6) is 0 Å². The van der Waals surface area contributed by atoms with Gasteiger partial charge in [0.15, 0.2) is 0 Å². The molecule has 0 radical (unpaired) electrons. The second kappa shape index (κ2) is 6.33. The van der Waals surface area contributed by atoms with Crippen LogP contribution in [0.2, 0.25) is 0 Å². The predicted octanol–water partition coefficient (Wildman–Crippen LogP) is 3.53. The van der Waals surface area contributed by atoms with E-state index >= 15 is 0 Å². The van der Waals surface area contributed by atoms with Gasteiger partial charge in [0.1, 0.15) is 5.60 Å². The molecule has 0 amide bonds. The molecule has 2 heterocycles. The molecule has 1 unspecified atom stereocenters. The average Bonchev–Trinajstić information content (AvgIpc) is 3.11. The molecule has 6 heteroatoms. The highest BCUT2D eigenvalue weighted by Gasteiger charge is 2.34. The Bertz CT molecular complexity index is 1200. The summed E-state index contributed by atoms with van der Waals surface area (Å²) < 4.78 is 28.1. The van der Waals surface area contributed by atoms with Gasteiger partial charge < -0.3 is 5.11 Å². The Kier molecular flexibility index (Phi) is 4.09. The summed E-state index contributed by atoms with van der Waals surface area (Å²) in [5.74, 6) is 0. The Balaban J connectivity index is 2.05. The molecule has 1 atom stereocenters. The maximum atomic E-state index is 13.4. The number of fused-ring (bicyclic) bond motifs is 1. The number of aliphatic hydroxyl groups is 1. The van der Waals surface area contributed by atoms with E-state index in [0.717, 1.165) is 0 Å². The molecule has 2 aromatic carbocycles. The van der Waals surface area contributed by atoms with Crippen LogP contribution in [0.1, 0.15) is 18.2 Å². The minimum Gasteiger partial charge on any atom is -0.379 e. The van der Waals surface area contributed by atoms with Gasteiger partial charge in [-0.15, -0.1) is 0 Å². The zero-order chi connectivity index (χ0) is 19.1. The van der Waals surface area contributed by atoms with Gasteiger partial charge in [-0.3, -0.25) is 4.98 Å². The third kappa shape index (κ3) is 2.83. The largest absolute Gasteiger partial charge is 0.379 e. The normalized spacial score (nSPS) is 14.1. The first kappa shape index (κ1) is 17.5. The highest BCUT2D eigenvalue weighted by Crippen LogP contribution is 2.35. The van der Waals surface area contributed by atoms with E-state index in [1.807, 2.05) is 18.2 Å². The van der Waals surface area contributed by atoms with E-state index in [1.165, 1.54) is 3.97 Å². The lowest BCUT2D eigenvalue weighted by Crippen LogP contribution is -2.29. The van der Waals surface area contributed by atoms with Gasteiger partial charge in [0.25, 0.3) is 10.0 Å². The lowest BCUT2D eigenvalue weighted by molar-refractivity contribution is 0.0969. The van der Waals surface area contributed by atoms with Crippen LogP contribution in [0.15, 0.2) is 90.1 Å². The van der Waals surface area contributed by atoms with E-state index < -0.39 is 15.6 Å². The Morgan fingerprint density at radius 3 is 2.26 bits per heavy atom. The quantitative estimate of drug-likeness (QED) is 0.590. The Morgan fingerprint density at radius 1 is 0.963 bits per heavy atom. The van der Waals surface area contributed by atoms with Crippen molar-refractivity contribution < 1.29 is 13.5 Å². The second-order valence-electron chi connectivity index (χ2n) is 6.48. The van der Waals surface area contributed by atoms with Gasteiger partial charge in [0, 0.05) is 17.8 Å². The summed E-state index contributed by atoms with van der Waals surface area (Å²) in [6.45, 7) is 1.60. The molecule has 0 bridgehead atoms. The van der Waals surface area contributed by atoms with Crippen LogP contribution in [0.25, 0.3) is 10.9 Å². The fourth-order valence-corrected chi connectivity index (χ4v) is 4.86. The van der Waals surface area contributed by atoms with E-state index in [1.54, 1.807) is 73.9 Å². The molecule has 27 heavy (non-hydrogen) atoms. The Hall–Kier alpha value is -2.96. The summed E-state index contributed by atoms with van der Waals surface area (Å²) >= 11 is 0. The minimum atomic E-state index is -3.92. The van der Waals surface area contributed by atoms with Gasteiger partial charge >= 0.3 is 0 Å². The third-order valence-corrected chi connectivity index (χ3v) is 6.42. The molecule has 4 aromatic rings. The number of aromatic nitrogens is 2. The van der Waals surface area contributed by atoms with Gasteiger partial charge in [-0.25, -0.2) is 12.4 Å². The maximum Gasteiger partial charge on any atom is 0.268 e. The average molecular weight is 378 g/mol. The number of hydrogen-bond acceptors (Lipinski definition) is 4. The van der Waals surface area contributed by atoms with E-state index in [9.17, 15) is 13.5 Å². The second-order valence-corrected chi connectivity index (χ2v) is 8.27.